The number of aromatic nitrogens is 2. The first kappa shape index (κ1) is 10.7. The number of rotatable bonds is 2. The third-order valence-electron chi connectivity index (χ3n) is 2.03. The van der Waals surface area contributed by atoms with E-state index >= 15 is 0 Å². The molecule has 1 heterocycles. The van der Waals surface area contributed by atoms with Crippen LogP contribution >= 0.6 is 12.2 Å². The van der Waals surface area contributed by atoms with E-state index in [1.54, 1.807) is 6.07 Å². The average molecular weight is 239 g/mol. The van der Waals surface area contributed by atoms with Crippen LogP contribution in [-0.4, -0.2) is 14.8 Å². The Hall–Kier alpha value is -1.82. The zero-order chi connectivity index (χ0) is 11.7. The van der Waals surface area contributed by atoms with E-state index < -0.39 is 11.6 Å². The quantitative estimate of drug-likeness (QED) is 0.812. The van der Waals surface area contributed by atoms with Crippen molar-refractivity contribution in [2.75, 3.05) is 0 Å². The minimum Gasteiger partial charge on any atom is -0.389 e. The molecule has 82 valence electrons. The molecule has 0 spiro atoms. The summed E-state index contributed by atoms with van der Waals surface area (Å²) < 4.78 is 28.3. The van der Waals surface area contributed by atoms with Gasteiger partial charge in [-0.25, -0.2) is 13.5 Å². The summed E-state index contributed by atoms with van der Waals surface area (Å²) >= 11 is 4.65. The van der Waals surface area contributed by atoms with Crippen LogP contribution in [0.5, 0.6) is 0 Å². The molecule has 0 saturated heterocycles. The minimum absolute atomic E-state index is 0.0511. The highest BCUT2D eigenvalue weighted by atomic mass is 32.1. The van der Waals surface area contributed by atoms with E-state index in [9.17, 15) is 8.78 Å². The molecule has 0 aliphatic carbocycles. The monoisotopic (exact) mass is 239 g/mol. The number of nitrogens with two attached hydrogens (primary N) is 1. The Kier molecular flexibility index (Phi) is 2.66. The van der Waals surface area contributed by atoms with Crippen LogP contribution in [0.25, 0.3) is 5.69 Å². The van der Waals surface area contributed by atoms with Gasteiger partial charge in [-0.2, -0.15) is 5.10 Å². The fourth-order valence-electron chi connectivity index (χ4n) is 1.33. The lowest BCUT2D eigenvalue weighted by molar-refractivity contribution is 0.559. The summed E-state index contributed by atoms with van der Waals surface area (Å²) in [6, 6.07) is 3.74. The van der Waals surface area contributed by atoms with Crippen molar-refractivity contribution in [1.29, 1.82) is 0 Å². The SMILES string of the molecule is NC(=S)c1cc(F)c(-n2cccn2)c(F)c1. The van der Waals surface area contributed by atoms with Crippen molar-refractivity contribution >= 4 is 17.2 Å². The van der Waals surface area contributed by atoms with Gasteiger partial charge in [0.05, 0.1) is 0 Å². The highest BCUT2D eigenvalue weighted by molar-refractivity contribution is 7.80. The second-order valence-corrected chi connectivity index (χ2v) is 3.54. The van der Waals surface area contributed by atoms with Gasteiger partial charge in [0.25, 0.3) is 0 Å². The van der Waals surface area contributed by atoms with Gasteiger partial charge in [0.15, 0.2) is 11.6 Å². The molecule has 0 saturated carbocycles. The Morgan fingerprint density at radius 2 is 1.94 bits per heavy atom. The lowest BCUT2D eigenvalue weighted by Crippen LogP contribution is -2.12. The maximum Gasteiger partial charge on any atom is 0.152 e. The van der Waals surface area contributed by atoms with Gasteiger partial charge in [0, 0.05) is 18.0 Å². The van der Waals surface area contributed by atoms with Gasteiger partial charge in [0.1, 0.15) is 10.7 Å². The molecule has 0 aliphatic heterocycles. The van der Waals surface area contributed by atoms with E-state index in [1.165, 1.54) is 12.4 Å². The van der Waals surface area contributed by atoms with Crippen LogP contribution in [0, 0.1) is 11.6 Å². The summed E-state index contributed by atoms with van der Waals surface area (Å²) in [6.07, 6.45) is 2.88. The van der Waals surface area contributed by atoms with Gasteiger partial charge in [-0.05, 0) is 18.2 Å². The Balaban J connectivity index is 2.61. The molecule has 1 aromatic heterocycles. The standard InChI is InChI=1S/C10H7F2N3S/c11-7-4-6(10(13)16)5-8(12)9(7)15-3-1-2-14-15/h1-5H,(H2,13,16). The Labute approximate surface area is 95.5 Å². The topological polar surface area (TPSA) is 43.8 Å². The first-order chi connectivity index (χ1) is 7.59. The number of hydrogen-bond acceptors (Lipinski definition) is 2. The van der Waals surface area contributed by atoms with Crippen molar-refractivity contribution < 1.29 is 8.78 Å². The number of halogens is 2. The van der Waals surface area contributed by atoms with Crippen molar-refractivity contribution in [3.8, 4) is 5.69 Å². The van der Waals surface area contributed by atoms with Crippen molar-refractivity contribution in [3.63, 3.8) is 0 Å². The predicted octanol–water partition coefficient (Wildman–Crippen LogP) is 1.78. The molecule has 2 N–H and O–H groups in total. The first-order valence-corrected chi connectivity index (χ1v) is 4.79. The summed E-state index contributed by atoms with van der Waals surface area (Å²) in [5.74, 6) is -1.52. The number of benzene rings is 1. The summed E-state index contributed by atoms with van der Waals surface area (Å²) in [7, 11) is 0. The smallest absolute Gasteiger partial charge is 0.152 e. The zero-order valence-electron chi connectivity index (χ0n) is 8.02. The summed E-state index contributed by atoms with van der Waals surface area (Å²) in [5.41, 5.74) is 5.20. The van der Waals surface area contributed by atoms with E-state index in [-0.39, 0.29) is 16.2 Å². The van der Waals surface area contributed by atoms with Crippen molar-refractivity contribution in [3.05, 3.63) is 47.8 Å². The number of nitrogens with zero attached hydrogens (tertiary/aromatic N) is 2. The molecule has 0 radical (unpaired) electrons. The normalized spacial score (nSPS) is 10.4. The number of thiocarbonyl (C=S) groups is 1. The molecule has 2 rings (SSSR count). The molecule has 16 heavy (non-hydrogen) atoms. The van der Waals surface area contributed by atoms with Crippen LogP contribution in [0.4, 0.5) is 8.78 Å². The van der Waals surface area contributed by atoms with Crippen molar-refractivity contribution in [2.24, 2.45) is 5.73 Å². The van der Waals surface area contributed by atoms with Gasteiger partial charge in [-0.15, -0.1) is 0 Å². The maximum atomic E-state index is 13.6. The molecule has 6 heteroatoms. The van der Waals surface area contributed by atoms with Crippen LogP contribution in [0.1, 0.15) is 5.56 Å². The minimum atomic E-state index is -0.758. The van der Waals surface area contributed by atoms with Crippen LogP contribution in [0.15, 0.2) is 30.6 Å². The molecule has 0 aliphatic rings. The third kappa shape index (κ3) is 1.79. The highest BCUT2D eigenvalue weighted by Crippen LogP contribution is 2.18. The molecule has 0 atom stereocenters. The number of hydrogen-bond donors (Lipinski definition) is 1. The van der Waals surface area contributed by atoms with Crippen LogP contribution in [-0.2, 0) is 0 Å². The lowest BCUT2D eigenvalue weighted by Gasteiger charge is -2.07. The van der Waals surface area contributed by atoms with Crippen molar-refractivity contribution in [2.45, 2.75) is 0 Å². The summed E-state index contributed by atoms with van der Waals surface area (Å²) in [4.78, 5) is -0.0511. The molecular weight excluding hydrogens is 232 g/mol. The van der Waals surface area contributed by atoms with Crippen LogP contribution < -0.4 is 5.73 Å². The van der Waals surface area contributed by atoms with Gasteiger partial charge >= 0.3 is 0 Å². The second-order valence-electron chi connectivity index (χ2n) is 3.10. The van der Waals surface area contributed by atoms with Gasteiger partial charge in [-0.3, -0.25) is 0 Å². The van der Waals surface area contributed by atoms with Gasteiger partial charge in [-0.1, -0.05) is 12.2 Å². The Morgan fingerprint density at radius 3 is 2.38 bits per heavy atom. The van der Waals surface area contributed by atoms with Gasteiger partial charge in [0.2, 0.25) is 0 Å². The summed E-state index contributed by atoms with van der Waals surface area (Å²) in [5, 5.41) is 3.76. The van der Waals surface area contributed by atoms with Crippen molar-refractivity contribution in [1.82, 2.24) is 9.78 Å². The van der Waals surface area contributed by atoms with E-state index in [0.29, 0.717) is 0 Å². The van der Waals surface area contributed by atoms with Crippen LogP contribution in [0.2, 0.25) is 0 Å². The van der Waals surface area contributed by atoms with E-state index in [1.807, 2.05) is 0 Å². The third-order valence-corrected chi connectivity index (χ3v) is 2.27. The molecule has 0 bridgehead atoms. The highest BCUT2D eigenvalue weighted by Gasteiger charge is 2.14. The zero-order valence-corrected chi connectivity index (χ0v) is 8.84. The molecule has 3 nitrogen and oxygen atoms in total. The lowest BCUT2D eigenvalue weighted by atomic mass is 10.2. The average Bonchev–Trinajstić information content (AvgIpc) is 2.69. The van der Waals surface area contributed by atoms with E-state index in [0.717, 1.165) is 16.8 Å². The van der Waals surface area contributed by atoms with E-state index in [4.69, 9.17) is 5.73 Å². The second kappa shape index (κ2) is 3.97. The maximum absolute atomic E-state index is 13.6. The summed E-state index contributed by atoms with van der Waals surface area (Å²) in [6.45, 7) is 0. The fourth-order valence-corrected chi connectivity index (χ4v) is 1.45. The molecular formula is C10H7F2N3S. The molecule has 0 amide bonds. The molecule has 0 unspecified atom stereocenters. The predicted molar refractivity (Wildman–Crippen MR) is 59.4 cm³/mol. The molecule has 2 aromatic rings. The molecule has 1 aromatic carbocycles. The Morgan fingerprint density at radius 1 is 1.31 bits per heavy atom. The van der Waals surface area contributed by atoms with Gasteiger partial charge < -0.3 is 5.73 Å². The first-order valence-electron chi connectivity index (χ1n) is 4.38. The molecule has 0 fully saturated rings. The van der Waals surface area contributed by atoms with Crippen LogP contribution in [0.3, 0.4) is 0 Å². The Bertz CT molecular complexity index is 514. The fraction of sp³-hybridized carbons (Fsp3) is 0. The largest absolute Gasteiger partial charge is 0.389 e. The van der Waals surface area contributed by atoms with E-state index in [2.05, 4.69) is 17.3 Å².